The molecule has 5 rings (SSSR count). The van der Waals surface area contributed by atoms with Crippen LogP contribution in [0, 0.1) is 38.0 Å². The molecular formula is C62H87N19O18. The number of carbonyl (C=O) groups is 11. The summed E-state index contributed by atoms with van der Waals surface area (Å²) in [6.07, 6.45) is 3.60. The number of aliphatic carboxylic acids is 2. The maximum Gasteiger partial charge on any atom is 0.326 e. The van der Waals surface area contributed by atoms with Gasteiger partial charge in [-0.25, -0.2) is 14.8 Å². The summed E-state index contributed by atoms with van der Waals surface area (Å²) >= 11 is 0. The molecule has 1 fully saturated rings. The first-order valence-corrected chi connectivity index (χ1v) is 31.9. The summed E-state index contributed by atoms with van der Waals surface area (Å²) in [6, 6.07) is -5.25. The molecule has 37 heteroatoms. The molecular weight excluding hydrogens is 1300 g/mol. The zero-order valence-electron chi connectivity index (χ0n) is 55.4. The number of hydrogen-bond donors (Lipinski definition) is 16. The van der Waals surface area contributed by atoms with E-state index in [1.807, 2.05) is 0 Å². The van der Waals surface area contributed by atoms with E-state index in [-0.39, 0.29) is 88.3 Å². The van der Waals surface area contributed by atoms with Crippen LogP contribution in [0.25, 0.3) is 0 Å². The van der Waals surface area contributed by atoms with Crippen LogP contribution in [-0.2, 0) is 78.4 Å². The van der Waals surface area contributed by atoms with Crippen LogP contribution in [0.5, 0.6) is 5.75 Å². The summed E-state index contributed by atoms with van der Waals surface area (Å²) in [7, 11) is 0. The van der Waals surface area contributed by atoms with Crippen molar-refractivity contribution in [1.82, 2.24) is 67.4 Å². The van der Waals surface area contributed by atoms with Crippen LogP contribution < -0.4 is 59.7 Å². The number of nitro benzene ring substituents is 2. The number of benzene rings is 2. The van der Waals surface area contributed by atoms with Gasteiger partial charge in [-0.3, -0.25) is 73.2 Å². The van der Waals surface area contributed by atoms with Crippen LogP contribution >= 0.6 is 0 Å². The van der Waals surface area contributed by atoms with Gasteiger partial charge in [-0.15, -0.1) is 0 Å². The summed E-state index contributed by atoms with van der Waals surface area (Å²) in [5.41, 5.74) is 15.3. The minimum Gasteiger partial charge on any atom is -0.497 e. The Hall–Kier alpha value is -11.1. The van der Waals surface area contributed by atoms with Crippen LogP contribution in [0.4, 0.5) is 11.4 Å². The number of carbonyl (C=O) groups excluding carboxylic acids is 9. The number of phenols is 1. The molecule has 0 radical (unpaired) electrons. The molecule has 11 unspecified atom stereocenters. The Morgan fingerprint density at radius 1 is 0.657 bits per heavy atom. The van der Waals surface area contributed by atoms with Gasteiger partial charge in [-0.1, -0.05) is 78.3 Å². The van der Waals surface area contributed by atoms with E-state index in [0.717, 1.165) is 0 Å². The number of nitrogens with one attached hydrogen (secondary N) is 10. The van der Waals surface area contributed by atoms with Crippen LogP contribution in [0.15, 0.2) is 72.5 Å². The third-order valence-corrected chi connectivity index (χ3v) is 16.2. The smallest absolute Gasteiger partial charge is 0.326 e. The highest BCUT2D eigenvalue weighted by molar-refractivity contribution is 5.99. The Morgan fingerprint density at radius 2 is 1.15 bits per heavy atom. The van der Waals surface area contributed by atoms with Gasteiger partial charge in [0, 0.05) is 74.7 Å². The van der Waals surface area contributed by atoms with E-state index in [9.17, 15) is 83.5 Å². The molecule has 0 bridgehead atoms. The number of aromatic nitrogens is 4. The number of imidazole rings is 2. The van der Waals surface area contributed by atoms with Crippen molar-refractivity contribution in [2.75, 3.05) is 13.1 Å². The number of nitro groups is 2. The number of H-pyrrole nitrogens is 2. The number of guanidine groups is 1. The van der Waals surface area contributed by atoms with Crippen molar-refractivity contribution in [3.63, 3.8) is 0 Å². The lowest BCUT2D eigenvalue weighted by molar-refractivity contribution is -0.396. The molecule has 0 aliphatic carbocycles. The lowest BCUT2D eigenvalue weighted by Crippen LogP contribution is -2.62. The number of carboxylic acid groups (broad SMARTS) is 2. The average Bonchev–Trinajstić information content (AvgIpc) is 1.74. The van der Waals surface area contributed by atoms with Gasteiger partial charge in [0.05, 0.1) is 35.0 Å². The monoisotopic (exact) mass is 1390 g/mol. The molecule has 99 heavy (non-hydrogen) atoms. The molecule has 2 aromatic heterocycles. The average molecular weight is 1390 g/mol. The SMILES string of the molecule is CCC(C)C(NC(=O)C(Cc1cc([N+](=O)[O-])c(O)c([N+](=O)[O-])c1)NC(=O)C(NC(=O)C(CCCN=C(N)N)NC(=O)C(N)CC(=O)O)C(C)C)C(=O)NC(Cc1cnc[nH]1)C(=O)N1CCCC1C(=O)NC(Cc1ccccc1)C(=O)NC(Cc1cnc[nH]1)C(=O)NC(CC(C)C)C(=O)O. The minimum atomic E-state index is -1.94. The van der Waals surface area contributed by atoms with Crippen molar-refractivity contribution < 1.29 is 77.9 Å². The fraction of sp³-hybridized carbons (Fsp3) is 0.516. The van der Waals surface area contributed by atoms with Crippen molar-refractivity contribution in [3.8, 4) is 5.75 Å². The lowest BCUT2D eigenvalue weighted by atomic mass is 9.95. The van der Waals surface area contributed by atoms with E-state index in [1.54, 1.807) is 58.0 Å². The van der Waals surface area contributed by atoms with E-state index < -0.39 is 177 Å². The number of rotatable bonds is 39. The fourth-order valence-corrected chi connectivity index (χ4v) is 10.8. The van der Waals surface area contributed by atoms with Crippen molar-refractivity contribution >= 4 is 82.4 Å². The number of aliphatic imine (C=N–C) groups is 1. The normalized spacial score (nSPS) is 15.8. The number of aromatic amines is 2. The van der Waals surface area contributed by atoms with Crippen molar-refractivity contribution in [1.29, 1.82) is 0 Å². The largest absolute Gasteiger partial charge is 0.497 e. The third-order valence-electron chi connectivity index (χ3n) is 16.2. The molecule has 0 saturated carbocycles. The first-order chi connectivity index (χ1) is 46.8. The van der Waals surface area contributed by atoms with Gasteiger partial charge in [-0.2, -0.15) is 0 Å². The molecule has 1 aliphatic heterocycles. The summed E-state index contributed by atoms with van der Waals surface area (Å²) in [5.74, 6) is -14.8. The predicted molar refractivity (Wildman–Crippen MR) is 352 cm³/mol. The van der Waals surface area contributed by atoms with E-state index in [4.69, 9.17) is 17.2 Å². The Morgan fingerprint density at radius 3 is 1.68 bits per heavy atom. The second-order valence-electron chi connectivity index (χ2n) is 24.7. The molecule has 9 amide bonds. The Balaban J connectivity index is 1.47. The Kier molecular flexibility index (Phi) is 29.7. The molecule has 19 N–H and O–H groups in total. The fourth-order valence-electron chi connectivity index (χ4n) is 10.8. The van der Waals surface area contributed by atoms with E-state index >= 15 is 4.79 Å². The van der Waals surface area contributed by atoms with Crippen LogP contribution in [-0.4, -0.2) is 195 Å². The molecule has 3 heterocycles. The maximum absolute atomic E-state index is 15.1. The Labute approximate surface area is 567 Å². The molecule has 4 aromatic rings. The topological polar surface area (TPSA) is 582 Å². The van der Waals surface area contributed by atoms with Gasteiger partial charge in [0.25, 0.3) is 5.75 Å². The van der Waals surface area contributed by atoms with Gasteiger partial charge >= 0.3 is 23.3 Å². The summed E-state index contributed by atoms with van der Waals surface area (Å²) in [5, 5.41) is 74.6. The molecule has 37 nitrogen and oxygen atoms in total. The predicted octanol–water partition coefficient (Wildman–Crippen LogP) is -1.52. The number of aromatic hydroxyl groups is 1. The zero-order chi connectivity index (χ0) is 73.4. The zero-order valence-corrected chi connectivity index (χ0v) is 55.4. The summed E-state index contributed by atoms with van der Waals surface area (Å²) < 4.78 is 0. The summed E-state index contributed by atoms with van der Waals surface area (Å²) in [4.78, 5) is 194. The number of hydrogen-bond acceptors (Lipinski definition) is 20. The molecule has 2 aromatic carbocycles. The number of nitrogens with two attached hydrogens (primary N) is 3. The molecule has 11 atom stereocenters. The van der Waals surface area contributed by atoms with Crippen molar-refractivity contribution in [3.05, 3.63) is 110 Å². The van der Waals surface area contributed by atoms with Crippen LogP contribution in [0.3, 0.4) is 0 Å². The second kappa shape index (κ2) is 37.4. The standard InChI is InChI=1S/C62H87N19O18/c1-7-33(6)50(78-56(89)41(21-35-22-46(80(96)97)51(84)47(23-35)81(98)99)74-58(91)49(32(4)5)77-53(86)39(15-11-17-68-62(64)65)71-52(85)38(63)26-48(82)83)59(92)75-43(25-37-28-67-30-70-37)60(93)79-18-12-16-45(79)57(90)73-40(20-34-13-9-8-10-14-34)54(87)72-42(24-36-27-66-29-69-36)55(88)76-44(61(94)95)19-31(2)3/h8-10,13-14,22-23,27-33,38-45,49-50,84H,7,11-12,15-21,24-26,63H2,1-6H3,(H,66,69)(H,67,70)(H,71,85)(H,72,87)(H,73,90)(H,74,91)(H,75,92)(H,76,88)(H,77,86)(H,78,89)(H,82,83)(H,94,95)(H4,64,65,68). The molecule has 1 aliphatic rings. The van der Waals surface area contributed by atoms with Crippen molar-refractivity contribution in [2.45, 2.75) is 173 Å². The first kappa shape index (κ1) is 78.6. The second-order valence-corrected chi connectivity index (χ2v) is 24.7. The highest BCUT2D eigenvalue weighted by Gasteiger charge is 2.42. The van der Waals surface area contributed by atoms with Crippen molar-refractivity contribution in [2.24, 2.45) is 39.9 Å². The van der Waals surface area contributed by atoms with Crippen LogP contribution in [0.2, 0.25) is 0 Å². The van der Waals surface area contributed by atoms with Crippen LogP contribution in [0.1, 0.15) is 109 Å². The number of amides is 9. The minimum absolute atomic E-state index is 0.0383. The van der Waals surface area contributed by atoms with Gasteiger partial charge in [-0.05, 0) is 61.0 Å². The first-order valence-electron chi connectivity index (χ1n) is 31.9. The lowest BCUT2D eigenvalue weighted by Gasteiger charge is -2.32. The quantitative estimate of drug-likeness (QED) is 0.00793. The van der Waals surface area contributed by atoms with Gasteiger partial charge < -0.3 is 89.9 Å². The van der Waals surface area contributed by atoms with E-state index in [2.05, 4.69) is 67.5 Å². The highest BCUT2D eigenvalue weighted by Crippen LogP contribution is 2.37. The number of phenolic OH excluding ortho intramolecular Hbond substituents is 1. The van der Waals surface area contributed by atoms with Gasteiger partial charge in [0.1, 0.15) is 54.4 Å². The van der Waals surface area contributed by atoms with Gasteiger partial charge in [0.2, 0.25) is 53.2 Å². The highest BCUT2D eigenvalue weighted by atomic mass is 16.6. The molecule has 0 spiro atoms. The number of likely N-dealkylation sites (tertiary alicyclic amines) is 1. The number of carboxylic acids is 2. The maximum atomic E-state index is 15.1. The third kappa shape index (κ3) is 23.9. The number of nitrogens with zero attached hydrogens (tertiary/aromatic N) is 6. The summed E-state index contributed by atoms with van der Waals surface area (Å²) in [6.45, 7) is 9.62. The van der Waals surface area contributed by atoms with Gasteiger partial charge in [0.15, 0.2) is 5.96 Å². The molecule has 538 valence electrons. The van der Waals surface area contributed by atoms with E-state index in [1.165, 1.54) is 43.8 Å². The Bertz CT molecular complexity index is 3500. The van der Waals surface area contributed by atoms with E-state index in [0.29, 0.717) is 29.1 Å². The molecule has 1 saturated heterocycles.